The minimum Gasteiger partial charge on any atom is -0.373 e. The molecule has 3 rings (SSSR count). The Morgan fingerprint density at radius 2 is 2.32 bits per heavy atom. The van der Waals surface area contributed by atoms with E-state index in [-0.39, 0.29) is 12.1 Å². The zero-order valence-corrected chi connectivity index (χ0v) is 11.3. The minimum absolute atomic E-state index is 0.0153. The summed E-state index contributed by atoms with van der Waals surface area (Å²) in [5.41, 5.74) is 7.86. The molecule has 1 aliphatic heterocycles. The highest BCUT2D eigenvalue weighted by atomic mass is 16.5. The van der Waals surface area contributed by atoms with Crippen LogP contribution in [0.25, 0.3) is 5.65 Å². The van der Waals surface area contributed by atoms with Crippen LogP contribution in [0.2, 0.25) is 0 Å². The summed E-state index contributed by atoms with van der Waals surface area (Å²) < 4.78 is 7.53. The third-order valence-corrected chi connectivity index (χ3v) is 3.50. The second-order valence-corrected chi connectivity index (χ2v) is 5.06. The molecule has 0 aromatic carbocycles. The largest absolute Gasteiger partial charge is 0.373 e. The van der Waals surface area contributed by atoms with Gasteiger partial charge in [-0.3, -0.25) is 0 Å². The lowest BCUT2D eigenvalue weighted by molar-refractivity contribution is 0.0271. The Hall–Kier alpha value is -1.66. The molecule has 102 valence electrons. The Morgan fingerprint density at radius 1 is 1.47 bits per heavy atom. The molecule has 19 heavy (non-hydrogen) atoms. The van der Waals surface area contributed by atoms with Crippen LogP contribution in [0.4, 0.5) is 5.95 Å². The summed E-state index contributed by atoms with van der Waals surface area (Å²) in [6.45, 7) is 6.21. The number of ether oxygens (including phenoxy) is 1. The average molecular weight is 261 g/mol. The van der Waals surface area contributed by atoms with Gasteiger partial charge in [0.1, 0.15) is 0 Å². The first kappa shape index (κ1) is 12.4. The first-order chi connectivity index (χ1) is 9.15. The fraction of sp³-hybridized carbons (Fsp3) is 0.538. The topological polar surface area (TPSA) is 68.7 Å². The van der Waals surface area contributed by atoms with E-state index in [1.807, 2.05) is 36.6 Å². The maximum Gasteiger partial charge on any atom is 0.245 e. The molecule has 1 fully saturated rings. The van der Waals surface area contributed by atoms with E-state index in [9.17, 15) is 0 Å². The number of hydrogen-bond donors (Lipinski definition) is 1. The lowest BCUT2D eigenvalue weighted by Gasteiger charge is -2.33. The number of aromatic nitrogens is 3. The predicted molar refractivity (Wildman–Crippen MR) is 73.3 cm³/mol. The van der Waals surface area contributed by atoms with E-state index < -0.39 is 0 Å². The molecule has 6 heteroatoms. The highest BCUT2D eigenvalue weighted by molar-refractivity contribution is 5.46. The van der Waals surface area contributed by atoms with E-state index in [0.29, 0.717) is 6.61 Å². The van der Waals surface area contributed by atoms with Gasteiger partial charge in [-0.05, 0) is 26.0 Å². The fourth-order valence-electron chi connectivity index (χ4n) is 2.33. The number of fused-ring (bicyclic) bond motifs is 1. The van der Waals surface area contributed by atoms with Crippen LogP contribution >= 0.6 is 0 Å². The molecule has 2 aromatic heterocycles. The monoisotopic (exact) mass is 261 g/mol. The van der Waals surface area contributed by atoms with Gasteiger partial charge in [0.2, 0.25) is 5.95 Å². The van der Waals surface area contributed by atoms with Crippen LogP contribution in [0.3, 0.4) is 0 Å². The standard InChI is InChI=1S/C13H19N5O/c1-9-4-3-5-12-15-13(16-18(9)12)17-6-7-19-11(8-17)10(2)14/h3-5,10-11H,6-8,14H2,1-2H3. The van der Waals surface area contributed by atoms with Crippen LogP contribution in [0.15, 0.2) is 18.2 Å². The van der Waals surface area contributed by atoms with Crippen molar-refractivity contribution < 1.29 is 4.74 Å². The van der Waals surface area contributed by atoms with Gasteiger partial charge < -0.3 is 15.4 Å². The van der Waals surface area contributed by atoms with Gasteiger partial charge >= 0.3 is 0 Å². The van der Waals surface area contributed by atoms with Crippen molar-refractivity contribution in [3.05, 3.63) is 23.9 Å². The second kappa shape index (κ2) is 4.79. The van der Waals surface area contributed by atoms with Gasteiger partial charge in [-0.1, -0.05) is 6.07 Å². The molecule has 0 radical (unpaired) electrons. The van der Waals surface area contributed by atoms with E-state index in [1.165, 1.54) is 0 Å². The number of morpholine rings is 1. The Labute approximate surface area is 112 Å². The molecule has 6 nitrogen and oxygen atoms in total. The minimum atomic E-state index is 0.0153. The molecule has 0 amide bonds. The molecule has 0 aliphatic carbocycles. The van der Waals surface area contributed by atoms with Crippen LogP contribution < -0.4 is 10.6 Å². The van der Waals surface area contributed by atoms with Gasteiger partial charge in [-0.2, -0.15) is 4.98 Å². The number of pyridine rings is 1. The normalized spacial score (nSPS) is 21.8. The van der Waals surface area contributed by atoms with Crippen LogP contribution in [-0.4, -0.2) is 46.4 Å². The highest BCUT2D eigenvalue weighted by Crippen LogP contribution is 2.16. The van der Waals surface area contributed by atoms with Gasteiger partial charge in [0, 0.05) is 24.8 Å². The third kappa shape index (κ3) is 2.29. The predicted octanol–water partition coefficient (Wildman–Crippen LogP) is 0.590. The number of hydrogen-bond acceptors (Lipinski definition) is 5. The van der Waals surface area contributed by atoms with E-state index in [4.69, 9.17) is 10.5 Å². The smallest absolute Gasteiger partial charge is 0.245 e. The molecule has 2 aromatic rings. The van der Waals surface area contributed by atoms with Crippen molar-refractivity contribution in [3.8, 4) is 0 Å². The zero-order chi connectivity index (χ0) is 13.4. The van der Waals surface area contributed by atoms with Gasteiger partial charge in [-0.15, -0.1) is 5.10 Å². The number of anilines is 1. The van der Waals surface area contributed by atoms with Crippen molar-refractivity contribution in [2.45, 2.75) is 26.0 Å². The molecule has 1 aliphatic rings. The summed E-state index contributed by atoms with van der Waals surface area (Å²) in [5, 5.41) is 4.56. The average Bonchev–Trinajstić information content (AvgIpc) is 2.84. The lowest BCUT2D eigenvalue weighted by atomic mass is 10.1. The van der Waals surface area contributed by atoms with E-state index in [0.717, 1.165) is 30.4 Å². The Bertz CT molecular complexity index is 579. The summed E-state index contributed by atoms with van der Waals surface area (Å²) in [6.07, 6.45) is 0.0430. The summed E-state index contributed by atoms with van der Waals surface area (Å²) in [7, 11) is 0. The van der Waals surface area contributed by atoms with Crippen molar-refractivity contribution in [2.24, 2.45) is 5.73 Å². The summed E-state index contributed by atoms with van der Waals surface area (Å²) >= 11 is 0. The van der Waals surface area contributed by atoms with Crippen LogP contribution in [0.5, 0.6) is 0 Å². The molecule has 2 atom stereocenters. The molecule has 0 bridgehead atoms. The Morgan fingerprint density at radius 3 is 3.05 bits per heavy atom. The fourth-order valence-corrected chi connectivity index (χ4v) is 2.33. The molecule has 3 heterocycles. The molecular weight excluding hydrogens is 242 g/mol. The van der Waals surface area contributed by atoms with Gasteiger partial charge in [0.25, 0.3) is 0 Å². The van der Waals surface area contributed by atoms with Crippen molar-refractivity contribution >= 4 is 11.6 Å². The molecule has 0 spiro atoms. The van der Waals surface area contributed by atoms with Crippen LogP contribution in [0.1, 0.15) is 12.6 Å². The molecule has 1 saturated heterocycles. The first-order valence-corrected chi connectivity index (χ1v) is 6.59. The highest BCUT2D eigenvalue weighted by Gasteiger charge is 2.25. The Kier molecular flexibility index (Phi) is 3.12. The van der Waals surface area contributed by atoms with E-state index in [2.05, 4.69) is 15.0 Å². The molecule has 0 saturated carbocycles. The summed E-state index contributed by atoms with van der Waals surface area (Å²) in [5.74, 6) is 0.753. The third-order valence-electron chi connectivity index (χ3n) is 3.50. The quantitative estimate of drug-likeness (QED) is 0.857. The van der Waals surface area contributed by atoms with Gasteiger partial charge in [0.15, 0.2) is 5.65 Å². The van der Waals surface area contributed by atoms with Crippen molar-refractivity contribution in [2.75, 3.05) is 24.6 Å². The Balaban J connectivity index is 1.89. The van der Waals surface area contributed by atoms with Gasteiger partial charge in [0.05, 0.1) is 12.7 Å². The maximum atomic E-state index is 5.91. The van der Waals surface area contributed by atoms with Crippen molar-refractivity contribution in [3.63, 3.8) is 0 Å². The zero-order valence-electron chi connectivity index (χ0n) is 11.3. The molecular formula is C13H19N5O. The summed E-state index contributed by atoms with van der Waals surface area (Å²) in [4.78, 5) is 6.72. The molecule has 2 unspecified atom stereocenters. The van der Waals surface area contributed by atoms with Crippen molar-refractivity contribution in [1.82, 2.24) is 14.6 Å². The number of nitrogens with zero attached hydrogens (tertiary/aromatic N) is 4. The maximum absolute atomic E-state index is 5.91. The van der Waals surface area contributed by atoms with E-state index in [1.54, 1.807) is 0 Å². The van der Waals surface area contributed by atoms with Crippen LogP contribution in [0, 0.1) is 6.92 Å². The lowest BCUT2D eigenvalue weighted by Crippen LogP contribution is -2.50. The van der Waals surface area contributed by atoms with Crippen molar-refractivity contribution in [1.29, 1.82) is 0 Å². The number of nitrogens with two attached hydrogens (primary N) is 1. The van der Waals surface area contributed by atoms with Crippen LogP contribution in [-0.2, 0) is 4.74 Å². The van der Waals surface area contributed by atoms with Gasteiger partial charge in [-0.25, -0.2) is 4.52 Å². The molecule has 2 N–H and O–H groups in total. The SMILES string of the molecule is Cc1cccc2nc(N3CCOC(C(C)N)C3)nn12. The number of rotatable bonds is 2. The first-order valence-electron chi connectivity index (χ1n) is 6.59. The summed E-state index contributed by atoms with van der Waals surface area (Å²) in [6, 6.07) is 6.00. The number of aryl methyl sites for hydroxylation is 1. The second-order valence-electron chi connectivity index (χ2n) is 5.06. The van der Waals surface area contributed by atoms with E-state index >= 15 is 0 Å².